The molecule has 6 heteroatoms. The van der Waals surface area contributed by atoms with E-state index in [9.17, 15) is 19.5 Å². The zero-order valence-electron chi connectivity index (χ0n) is 8.66. The monoisotopic (exact) mass is 214 g/mol. The van der Waals surface area contributed by atoms with Crippen LogP contribution in [-0.2, 0) is 9.59 Å². The normalized spacial score (nSPS) is 18.7. The summed E-state index contributed by atoms with van der Waals surface area (Å²) < 4.78 is 0. The third-order valence-corrected chi connectivity index (χ3v) is 2.76. The average Bonchev–Trinajstić information content (AvgIpc) is 2.15. The Morgan fingerprint density at radius 2 is 1.53 bits per heavy atom. The molecule has 1 fully saturated rings. The summed E-state index contributed by atoms with van der Waals surface area (Å²) in [6.07, 6.45) is 0.534. The quantitative estimate of drug-likeness (QED) is 0.553. The maximum atomic E-state index is 11.4. The van der Waals surface area contributed by atoms with Gasteiger partial charge in [-0.2, -0.15) is 0 Å². The van der Waals surface area contributed by atoms with Crippen molar-refractivity contribution in [2.24, 2.45) is 5.92 Å². The van der Waals surface area contributed by atoms with Crippen molar-refractivity contribution in [1.82, 2.24) is 10.6 Å². The first kappa shape index (κ1) is 11.6. The highest BCUT2D eigenvalue weighted by atomic mass is 16.3. The second kappa shape index (κ2) is 3.98. The van der Waals surface area contributed by atoms with Crippen molar-refractivity contribution in [3.63, 3.8) is 0 Å². The first-order valence-electron chi connectivity index (χ1n) is 4.82. The van der Waals surface area contributed by atoms with Crippen LogP contribution in [0.2, 0.25) is 0 Å². The predicted molar refractivity (Wildman–Crippen MR) is 50.7 cm³/mol. The fraction of sp³-hybridized carbons (Fsp3) is 0.667. The minimum absolute atomic E-state index is 0.267. The Bertz CT molecular complexity index is 289. The van der Waals surface area contributed by atoms with E-state index in [1.54, 1.807) is 13.8 Å². The lowest BCUT2D eigenvalue weighted by Crippen LogP contribution is -2.62. The Hall–Kier alpha value is -1.43. The molecule has 0 aliphatic carbocycles. The van der Waals surface area contributed by atoms with Gasteiger partial charge in [0.2, 0.25) is 11.8 Å². The summed E-state index contributed by atoms with van der Waals surface area (Å²) >= 11 is 0. The molecule has 3 N–H and O–H groups in total. The third-order valence-electron chi connectivity index (χ3n) is 2.76. The first-order valence-corrected chi connectivity index (χ1v) is 4.82. The largest absolute Gasteiger partial charge is 0.389 e. The highest BCUT2D eigenvalue weighted by molar-refractivity contribution is 6.16. The van der Waals surface area contributed by atoms with Crippen molar-refractivity contribution >= 4 is 17.8 Å². The number of carbonyl (C=O) groups excluding carboxylic acids is 3. The van der Waals surface area contributed by atoms with Crippen LogP contribution in [0.25, 0.3) is 0 Å². The number of nitrogens with one attached hydrogen (secondary N) is 2. The van der Waals surface area contributed by atoms with Crippen LogP contribution in [0.1, 0.15) is 26.7 Å². The Kier molecular flexibility index (Phi) is 3.09. The number of rotatable bonds is 3. The van der Waals surface area contributed by atoms with Gasteiger partial charge in [0.05, 0.1) is 5.60 Å². The van der Waals surface area contributed by atoms with E-state index in [2.05, 4.69) is 0 Å². The second-order valence-corrected chi connectivity index (χ2v) is 3.55. The van der Waals surface area contributed by atoms with Crippen molar-refractivity contribution in [2.75, 3.05) is 0 Å². The third kappa shape index (κ3) is 1.99. The van der Waals surface area contributed by atoms with E-state index in [0.717, 1.165) is 0 Å². The molecule has 1 heterocycles. The number of aliphatic hydroxyl groups is 1. The Morgan fingerprint density at radius 1 is 1.13 bits per heavy atom. The molecule has 0 aromatic rings. The molecule has 15 heavy (non-hydrogen) atoms. The molecule has 1 aliphatic heterocycles. The molecule has 84 valence electrons. The van der Waals surface area contributed by atoms with Crippen molar-refractivity contribution in [1.29, 1.82) is 0 Å². The van der Waals surface area contributed by atoms with Gasteiger partial charge in [-0.25, -0.2) is 4.79 Å². The second-order valence-electron chi connectivity index (χ2n) is 3.55. The molecule has 0 saturated carbocycles. The van der Waals surface area contributed by atoms with Gasteiger partial charge in [0.25, 0.3) is 0 Å². The molecule has 1 rings (SSSR count). The number of amides is 4. The van der Waals surface area contributed by atoms with Crippen molar-refractivity contribution in [3.05, 3.63) is 0 Å². The van der Waals surface area contributed by atoms with Crippen LogP contribution in [0.3, 0.4) is 0 Å². The van der Waals surface area contributed by atoms with Crippen molar-refractivity contribution in [2.45, 2.75) is 32.3 Å². The lowest BCUT2D eigenvalue weighted by molar-refractivity contribution is -0.148. The van der Waals surface area contributed by atoms with Crippen LogP contribution in [-0.4, -0.2) is 28.6 Å². The summed E-state index contributed by atoms with van der Waals surface area (Å²) in [6, 6.07) is -0.837. The van der Waals surface area contributed by atoms with Crippen molar-refractivity contribution in [3.8, 4) is 0 Å². The maximum absolute atomic E-state index is 11.4. The van der Waals surface area contributed by atoms with Gasteiger partial charge in [-0.3, -0.25) is 20.2 Å². The molecule has 0 radical (unpaired) electrons. The van der Waals surface area contributed by atoms with Gasteiger partial charge in [-0.15, -0.1) is 0 Å². The maximum Gasteiger partial charge on any atom is 0.328 e. The number of hydrogen-bond donors (Lipinski definition) is 3. The summed E-state index contributed by atoms with van der Waals surface area (Å²) in [5.41, 5.74) is -1.39. The smallest absolute Gasteiger partial charge is 0.328 e. The van der Waals surface area contributed by atoms with Crippen LogP contribution < -0.4 is 10.6 Å². The molecule has 0 bridgehead atoms. The number of urea groups is 1. The van der Waals surface area contributed by atoms with E-state index in [-0.39, 0.29) is 12.8 Å². The zero-order valence-corrected chi connectivity index (χ0v) is 8.66. The summed E-state index contributed by atoms with van der Waals surface area (Å²) in [6.45, 7) is 3.36. The molecule has 6 nitrogen and oxygen atoms in total. The zero-order chi connectivity index (χ0) is 11.6. The molecule has 4 amide bonds. The van der Waals surface area contributed by atoms with Gasteiger partial charge in [0.1, 0.15) is 5.92 Å². The molecular weight excluding hydrogens is 200 g/mol. The summed E-state index contributed by atoms with van der Waals surface area (Å²) in [5, 5.41) is 14.0. The standard InChI is InChI=1S/C9H14N2O4/c1-3-9(15,4-2)5-6(12)10-8(14)11-7(5)13/h5,15H,3-4H2,1-2H3,(H2,10,11,12,13,14). The van der Waals surface area contributed by atoms with E-state index < -0.39 is 29.4 Å². The van der Waals surface area contributed by atoms with Crippen LogP contribution in [0.4, 0.5) is 4.79 Å². The molecule has 1 saturated heterocycles. The van der Waals surface area contributed by atoms with Gasteiger partial charge in [-0.1, -0.05) is 13.8 Å². The van der Waals surface area contributed by atoms with E-state index in [0.29, 0.717) is 0 Å². The molecule has 0 aromatic heterocycles. The van der Waals surface area contributed by atoms with Gasteiger partial charge < -0.3 is 5.11 Å². The number of imide groups is 2. The number of carbonyl (C=O) groups is 3. The van der Waals surface area contributed by atoms with Crippen molar-refractivity contribution < 1.29 is 19.5 Å². The molecule has 0 spiro atoms. The Morgan fingerprint density at radius 3 is 1.87 bits per heavy atom. The van der Waals surface area contributed by atoms with Crippen LogP contribution in [0, 0.1) is 5.92 Å². The minimum atomic E-state index is -1.39. The SMILES string of the molecule is CCC(O)(CC)C1C(=O)NC(=O)NC1=O. The average molecular weight is 214 g/mol. The van der Waals surface area contributed by atoms with Gasteiger partial charge in [0, 0.05) is 0 Å². The lowest BCUT2D eigenvalue weighted by Gasteiger charge is -2.34. The van der Waals surface area contributed by atoms with E-state index in [4.69, 9.17) is 0 Å². The van der Waals surface area contributed by atoms with Crippen LogP contribution in [0.15, 0.2) is 0 Å². The summed E-state index contributed by atoms with van der Waals surface area (Å²) in [7, 11) is 0. The van der Waals surface area contributed by atoms with E-state index >= 15 is 0 Å². The van der Waals surface area contributed by atoms with Crippen LogP contribution >= 0.6 is 0 Å². The van der Waals surface area contributed by atoms with E-state index in [1.807, 2.05) is 10.6 Å². The highest BCUT2D eigenvalue weighted by Gasteiger charge is 2.47. The first-order chi connectivity index (χ1) is 6.94. The molecule has 0 unspecified atom stereocenters. The number of barbiturate groups is 1. The molecule has 0 atom stereocenters. The fourth-order valence-corrected chi connectivity index (χ4v) is 1.66. The summed E-state index contributed by atoms with van der Waals surface area (Å²) in [5.74, 6) is -2.70. The van der Waals surface area contributed by atoms with Gasteiger partial charge >= 0.3 is 6.03 Å². The lowest BCUT2D eigenvalue weighted by atomic mass is 9.81. The topological polar surface area (TPSA) is 95.5 Å². The fourth-order valence-electron chi connectivity index (χ4n) is 1.66. The van der Waals surface area contributed by atoms with E-state index in [1.165, 1.54) is 0 Å². The highest BCUT2D eigenvalue weighted by Crippen LogP contribution is 2.26. The molecular formula is C9H14N2O4. The Labute approximate surface area is 87.0 Å². The van der Waals surface area contributed by atoms with Crippen LogP contribution in [0.5, 0.6) is 0 Å². The minimum Gasteiger partial charge on any atom is -0.389 e. The molecule has 0 aromatic carbocycles. The van der Waals surface area contributed by atoms with Gasteiger partial charge in [0.15, 0.2) is 0 Å². The number of hydrogen-bond acceptors (Lipinski definition) is 4. The Balaban J connectivity index is 2.98. The molecule has 1 aliphatic rings. The predicted octanol–water partition coefficient (Wildman–Crippen LogP) is -0.480. The van der Waals surface area contributed by atoms with Gasteiger partial charge in [-0.05, 0) is 12.8 Å². The summed E-state index contributed by atoms with van der Waals surface area (Å²) in [4.78, 5) is 33.6.